The number of carboxylic acid groups (broad SMARTS) is 1. The molecule has 35 heavy (non-hydrogen) atoms. The monoisotopic (exact) mass is 483 g/mol. The average molecular weight is 484 g/mol. The molecule has 9 heteroatoms. The Morgan fingerprint density at radius 3 is 2.51 bits per heavy atom. The van der Waals surface area contributed by atoms with Gasteiger partial charge in [-0.3, -0.25) is 9.59 Å². The number of carboxylic acids is 1. The first-order chi connectivity index (χ1) is 16.5. The van der Waals surface area contributed by atoms with E-state index in [4.69, 9.17) is 4.74 Å². The number of hydrogen-bond donors (Lipinski definition) is 3. The molecule has 1 amide bonds. The smallest absolute Gasteiger partial charge is 0.305 e. The molecule has 0 fully saturated rings. The fourth-order valence-electron chi connectivity index (χ4n) is 3.38. The SMILES string of the molecule is Cc1ccccc1[C@H](CC(=O)O)NC(=O)c1cc(OC[C@@](C)(O)C(C)C)n(-c2cccc(F)c2)n1. The summed E-state index contributed by atoms with van der Waals surface area (Å²) in [6.07, 6.45) is -0.318. The van der Waals surface area contributed by atoms with Gasteiger partial charge in [0.1, 0.15) is 12.4 Å². The quantitative estimate of drug-likeness (QED) is 0.401. The van der Waals surface area contributed by atoms with Gasteiger partial charge >= 0.3 is 5.97 Å². The van der Waals surface area contributed by atoms with Crippen molar-refractivity contribution in [2.45, 2.75) is 45.8 Å². The Hall–Kier alpha value is -3.72. The third-order valence-electron chi connectivity index (χ3n) is 5.97. The lowest BCUT2D eigenvalue weighted by atomic mass is 9.94. The standard InChI is InChI=1S/C26H30FN3O5/c1-16(2)26(4,34)15-35-23-13-22(29-30(23)19-10-7-9-18(27)12-19)25(33)28-21(14-24(31)32)20-11-6-5-8-17(20)3/h5-13,16,21,34H,14-15H2,1-4H3,(H,28,33)(H,31,32)/t21-,26+/m0/s1. The summed E-state index contributed by atoms with van der Waals surface area (Å²) in [4.78, 5) is 24.6. The van der Waals surface area contributed by atoms with E-state index in [1.165, 1.54) is 28.9 Å². The summed E-state index contributed by atoms with van der Waals surface area (Å²) in [5.41, 5.74) is 0.639. The molecule has 1 heterocycles. The molecule has 0 bridgehead atoms. The van der Waals surface area contributed by atoms with Crippen LogP contribution in [0.5, 0.6) is 5.88 Å². The van der Waals surface area contributed by atoms with E-state index in [1.807, 2.05) is 32.9 Å². The molecule has 3 aromatic rings. The van der Waals surface area contributed by atoms with E-state index in [9.17, 15) is 24.2 Å². The summed E-state index contributed by atoms with van der Waals surface area (Å²) in [5, 5.41) is 27.0. The molecule has 0 radical (unpaired) electrons. The summed E-state index contributed by atoms with van der Waals surface area (Å²) < 4.78 is 21.0. The number of hydrogen-bond acceptors (Lipinski definition) is 5. The van der Waals surface area contributed by atoms with E-state index in [-0.39, 0.29) is 30.5 Å². The molecule has 186 valence electrons. The number of aliphatic hydroxyl groups is 1. The van der Waals surface area contributed by atoms with Crippen molar-refractivity contribution in [2.24, 2.45) is 5.92 Å². The maximum atomic E-state index is 13.9. The maximum Gasteiger partial charge on any atom is 0.305 e. The highest BCUT2D eigenvalue weighted by Crippen LogP contribution is 2.25. The van der Waals surface area contributed by atoms with Gasteiger partial charge in [-0.2, -0.15) is 5.10 Å². The number of carbonyl (C=O) groups excluding carboxylic acids is 1. The second-order valence-electron chi connectivity index (χ2n) is 9.04. The first-order valence-electron chi connectivity index (χ1n) is 11.3. The van der Waals surface area contributed by atoms with Crippen molar-refractivity contribution in [2.75, 3.05) is 6.61 Å². The van der Waals surface area contributed by atoms with Crippen LogP contribution < -0.4 is 10.1 Å². The third-order valence-corrected chi connectivity index (χ3v) is 5.97. The number of aliphatic carboxylic acids is 1. The normalized spacial score (nSPS) is 13.8. The van der Waals surface area contributed by atoms with Gasteiger partial charge in [0.05, 0.1) is 23.8 Å². The number of aryl methyl sites for hydroxylation is 1. The van der Waals surface area contributed by atoms with Gasteiger partial charge in [0, 0.05) is 6.07 Å². The van der Waals surface area contributed by atoms with Crippen LogP contribution in [-0.2, 0) is 4.79 Å². The van der Waals surface area contributed by atoms with Crippen LogP contribution >= 0.6 is 0 Å². The van der Waals surface area contributed by atoms with Crippen molar-refractivity contribution >= 4 is 11.9 Å². The van der Waals surface area contributed by atoms with Crippen molar-refractivity contribution in [3.8, 4) is 11.6 Å². The van der Waals surface area contributed by atoms with Crippen LogP contribution in [0, 0.1) is 18.7 Å². The second-order valence-corrected chi connectivity index (χ2v) is 9.04. The Morgan fingerprint density at radius 2 is 1.89 bits per heavy atom. The lowest BCUT2D eigenvalue weighted by Crippen LogP contribution is -2.38. The number of rotatable bonds is 10. The number of aromatic nitrogens is 2. The van der Waals surface area contributed by atoms with Gasteiger partial charge in [-0.25, -0.2) is 9.07 Å². The molecule has 3 N–H and O–H groups in total. The lowest BCUT2D eigenvalue weighted by Gasteiger charge is -2.27. The molecule has 8 nitrogen and oxygen atoms in total. The number of halogens is 1. The summed E-state index contributed by atoms with van der Waals surface area (Å²) >= 11 is 0. The number of amides is 1. The van der Waals surface area contributed by atoms with E-state index in [0.717, 1.165) is 5.56 Å². The van der Waals surface area contributed by atoms with Gasteiger partial charge < -0.3 is 20.3 Å². The van der Waals surface area contributed by atoms with Gasteiger partial charge in [0.2, 0.25) is 5.88 Å². The van der Waals surface area contributed by atoms with E-state index in [2.05, 4.69) is 10.4 Å². The zero-order valence-corrected chi connectivity index (χ0v) is 20.2. The van der Waals surface area contributed by atoms with E-state index < -0.39 is 29.3 Å². The summed E-state index contributed by atoms with van der Waals surface area (Å²) in [7, 11) is 0. The van der Waals surface area contributed by atoms with Crippen LogP contribution in [0.3, 0.4) is 0 Å². The van der Waals surface area contributed by atoms with Gasteiger partial charge in [-0.1, -0.05) is 44.2 Å². The lowest BCUT2D eigenvalue weighted by molar-refractivity contribution is -0.137. The highest BCUT2D eigenvalue weighted by Gasteiger charge is 2.28. The van der Waals surface area contributed by atoms with Crippen molar-refractivity contribution < 1.29 is 28.9 Å². The molecule has 0 spiro atoms. The Bertz CT molecular complexity index is 1210. The largest absolute Gasteiger partial charge is 0.481 e. The Balaban J connectivity index is 1.94. The molecule has 0 aliphatic heterocycles. The summed E-state index contributed by atoms with van der Waals surface area (Å²) in [6.45, 7) is 7.08. The molecule has 3 rings (SSSR count). The van der Waals surface area contributed by atoms with Crippen molar-refractivity contribution in [3.05, 3.63) is 77.2 Å². The maximum absolute atomic E-state index is 13.9. The molecule has 2 aromatic carbocycles. The summed E-state index contributed by atoms with van der Waals surface area (Å²) in [6, 6.07) is 13.4. The number of benzene rings is 2. The minimum absolute atomic E-state index is 0.0441. The zero-order valence-electron chi connectivity index (χ0n) is 20.2. The fraction of sp³-hybridized carbons (Fsp3) is 0.346. The predicted octanol–water partition coefficient (Wildman–Crippen LogP) is 4.05. The first kappa shape index (κ1) is 25.9. The number of nitrogens with zero attached hydrogens (tertiary/aromatic N) is 2. The van der Waals surface area contributed by atoms with Crippen molar-refractivity contribution in [1.82, 2.24) is 15.1 Å². The highest BCUT2D eigenvalue weighted by atomic mass is 19.1. The van der Waals surface area contributed by atoms with Crippen molar-refractivity contribution in [1.29, 1.82) is 0 Å². The predicted molar refractivity (Wildman–Crippen MR) is 128 cm³/mol. The molecule has 2 atom stereocenters. The molecule has 0 saturated heterocycles. The average Bonchev–Trinajstić information content (AvgIpc) is 3.22. The molecular weight excluding hydrogens is 453 g/mol. The van der Waals surface area contributed by atoms with Crippen LogP contribution in [-0.4, -0.2) is 44.1 Å². The minimum atomic E-state index is -1.16. The van der Waals surface area contributed by atoms with Crippen LogP contribution in [0.25, 0.3) is 5.69 Å². The summed E-state index contributed by atoms with van der Waals surface area (Å²) in [5.74, 6) is -2.15. The van der Waals surface area contributed by atoms with E-state index >= 15 is 0 Å². The molecule has 0 aliphatic carbocycles. The molecule has 0 saturated carbocycles. The van der Waals surface area contributed by atoms with Crippen LogP contribution in [0.4, 0.5) is 4.39 Å². The Morgan fingerprint density at radius 1 is 1.17 bits per heavy atom. The fourth-order valence-corrected chi connectivity index (χ4v) is 3.38. The third kappa shape index (κ3) is 6.45. The highest BCUT2D eigenvalue weighted by molar-refractivity contribution is 5.93. The number of ether oxygens (including phenoxy) is 1. The van der Waals surface area contributed by atoms with Gasteiger partial charge in [0.25, 0.3) is 5.91 Å². The molecular formula is C26H30FN3O5. The zero-order chi connectivity index (χ0) is 25.8. The van der Waals surface area contributed by atoms with E-state index in [1.54, 1.807) is 25.1 Å². The first-order valence-corrected chi connectivity index (χ1v) is 11.3. The Labute approximate surface area is 203 Å². The van der Waals surface area contributed by atoms with Crippen LogP contribution in [0.2, 0.25) is 0 Å². The van der Waals surface area contributed by atoms with E-state index in [0.29, 0.717) is 11.3 Å². The minimum Gasteiger partial charge on any atom is -0.481 e. The van der Waals surface area contributed by atoms with Crippen molar-refractivity contribution in [3.63, 3.8) is 0 Å². The van der Waals surface area contributed by atoms with Gasteiger partial charge in [-0.15, -0.1) is 0 Å². The number of nitrogens with one attached hydrogen (secondary N) is 1. The second kappa shape index (κ2) is 10.7. The number of carbonyl (C=O) groups is 2. The molecule has 1 aromatic heterocycles. The Kier molecular flexibility index (Phi) is 7.91. The molecule has 0 aliphatic rings. The van der Waals surface area contributed by atoms with Gasteiger partial charge in [0.15, 0.2) is 5.69 Å². The van der Waals surface area contributed by atoms with Crippen LogP contribution in [0.15, 0.2) is 54.6 Å². The topological polar surface area (TPSA) is 114 Å². The van der Waals surface area contributed by atoms with Crippen LogP contribution in [0.1, 0.15) is 54.8 Å². The van der Waals surface area contributed by atoms with Gasteiger partial charge in [-0.05, 0) is 49.1 Å². The molecule has 0 unspecified atom stereocenters.